The molecule has 2 aromatic rings. The minimum absolute atomic E-state index is 0.163. The summed E-state index contributed by atoms with van der Waals surface area (Å²) in [7, 11) is 2.10. The molecule has 3 aliphatic rings. The van der Waals surface area contributed by atoms with Gasteiger partial charge in [0.15, 0.2) is 0 Å². The van der Waals surface area contributed by atoms with Crippen molar-refractivity contribution in [2.45, 2.75) is 56.1 Å². The Kier molecular flexibility index (Phi) is 6.09. The molecule has 2 aliphatic heterocycles. The lowest BCUT2D eigenvalue weighted by atomic mass is 10.1. The van der Waals surface area contributed by atoms with Crippen LogP contribution in [0.4, 0.5) is 0 Å². The number of benzene rings is 1. The summed E-state index contributed by atoms with van der Waals surface area (Å²) < 4.78 is 6.64. The van der Waals surface area contributed by atoms with Gasteiger partial charge in [-0.05, 0) is 88.7 Å². The molecule has 1 atom stereocenters. The highest BCUT2D eigenvalue weighted by atomic mass is 32.2. The lowest BCUT2D eigenvalue weighted by Crippen LogP contribution is -2.56. The van der Waals surface area contributed by atoms with Crippen LogP contribution in [-0.4, -0.2) is 63.6 Å². The first-order valence-corrected chi connectivity index (χ1v) is 12.7. The summed E-state index contributed by atoms with van der Waals surface area (Å²) in [5.74, 6) is 5.25. The van der Waals surface area contributed by atoms with E-state index >= 15 is 0 Å². The van der Waals surface area contributed by atoms with Crippen molar-refractivity contribution in [2.75, 3.05) is 33.2 Å². The van der Waals surface area contributed by atoms with Crippen molar-refractivity contribution >= 4 is 28.8 Å². The maximum atomic E-state index is 13.6. The van der Waals surface area contributed by atoms with E-state index in [4.69, 9.17) is 0 Å². The Bertz CT molecular complexity index is 1310. The number of nitrogens with one attached hydrogen (secondary N) is 1. The van der Waals surface area contributed by atoms with Crippen molar-refractivity contribution in [1.82, 2.24) is 23.7 Å². The SMILES string of the molecule is CC#CC(=O)N1CC(n2c(=O)c3cc(SNC4(C)CC4)ccc3n(CC3CCN(C)C3)c2=O)C1. The van der Waals surface area contributed by atoms with E-state index < -0.39 is 0 Å². The number of rotatable bonds is 6. The lowest BCUT2D eigenvalue weighted by Gasteiger charge is -2.38. The van der Waals surface area contributed by atoms with Gasteiger partial charge in [-0.15, -0.1) is 0 Å². The zero-order chi connectivity index (χ0) is 24.0. The molecule has 9 heteroatoms. The van der Waals surface area contributed by atoms with Crippen molar-refractivity contribution in [2.24, 2.45) is 5.92 Å². The van der Waals surface area contributed by atoms with Crippen LogP contribution in [0.25, 0.3) is 10.9 Å². The van der Waals surface area contributed by atoms with Gasteiger partial charge in [0.1, 0.15) is 0 Å². The molecule has 1 saturated carbocycles. The summed E-state index contributed by atoms with van der Waals surface area (Å²) in [6.45, 7) is 7.00. The molecular weight excluding hydrogens is 450 g/mol. The standard InChI is InChI=1S/C25H31N5O3S/c1-4-5-22(31)28-15-18(16-28)30-23(32)20-12-19(34-26-25(2)9-10-25)6-7-21(20)29(24(30)33)14-17-8-11-27(3)13-17/h6-7,12,17-18,26H,8-11,13-16H2,1-3H3. The molecule has 1 amide bonds. The van der Waals surface area contributed by atoms with Crippen molar-refractivity contribution in [3.05, 3.63) is 39.0 Å². The number of likely N-dealkylation sites (tertiary alicyclic amines) is 2. The number of carbonyl (C=O) groups is 1. The summed E-state index contributed by atoms with van der Waals surface area (Å²) in [6, 6.07) is 5.47. The van der Waals surface area contributed by atoms with Crippen LogP contribution in [0, 0.1) is 17.8 Å². The Labute approximate surface area is 203 Å². The highest BCUT2D eigenvalue weighted by molar-refractivity contribution is 7.97. The van der Waals surface area contributed by atoms with Crippen molar-refractivity contribution in [3.8, 4) is 11.8 Å². The van der Waals surface area contributed by atoms with Crippen LogP contribution < -0.4 is 16.0 Å². The largest absolute Gasteiger partial charge is 0.331 e. The first-order valence-electron chi connectivity index (χ1n) is 11.9. The molecule has 3 fully saturated rings. The fourth-order valence-electron chi connectivity index (χ4n) is 4.81. The molecule has 1 unspecified atom stereocenters. The molecule has 180 valence electrons. The molecule has 34 heavy (non-hydrogen) atoms. The number of amides is 1. The van der Waals surface area contributed by atoms with Gasteiger partial charge in [0.25, 0.3) is 11.5 Å². The third-order valence-electron chi connectivity index (χ3n) is 7.24. The van der Waals surface area contributed by atoms with Crippen molar-refractivity contribution in [1.29, 1.82) is 0 Å². The molecule has 0 radical (unpaired) electrons. The monoisotopic (exact) mass is 481 g/mol. The van der Waals surface area contributed by atoms with Crippen LogP contribution in [0.5, 0.6) is 0 Å². The van der Waals surface area contributed by atoms with E-state index in [0.717, 1.165) is 37.2 Å². The summed E-state index contributed by atoms with van der Waals surface area (Å²) in [4.78, 5) is 44.1. The maximum absolute atomic E-state index is 13.6. The number of carbonyl (C=O) groups excluding carboxylic acids is 1. The van der Waals surface area contributed by atoms with Gasteiger partial charge in [-0.25, -0.2) is 4.79 Å². The quantitative estimate of drug-likeness (QED) is 0.500. The first kappa shape index (κ1) is 23.2. The summed E-state index contributed by atoms with van der Waals surface area (Å²) in [6.07, 6.45) is 3.32. The fourth-order valence-corrected chi connectivity index (χ4v) is 5.69. The number of fused-ring (bicyclic) bond motifs is 1. The number of nitrogens with zero attached hydrogens (tertiary/aromatic N) is 4. The van der Waals surface area contributed by atoms with Gasteiger partial charge in [-0.2, -0.15) is 0 Å². The highest BCUT2D eigenvalue weighted by Gasteiger charge is 2.37. The normalized spacial score (nSPS) is 21.9. The Morgan fingerprint density at radius 3 is 2.65 bits per heavy atom. The molecule has 1 aromatic heterocycles. The van der Waals surface area contributed by atoms with Gasteiger partial charge >= 0.3 is 5.69 Å². The minimum Gasteiger partial charge on any atom is -0.328 e. The van der Waals surface area contributed by atoms with E-state index in [0.29, 0.717) is 36.5 Å². The molecule has 1 N–H and O–H groups in total. The minimum atomic E-state index is -0.329. The van der Waals surface area contributed by atoms with Gasteiger partial charge in [-0.3, -0.25) is 23.4 Å². The number of hydrogen-bond donors (Lipinski definition) is 1. The van der Waals surface area contributed by atoms with Crippen LogP contribution in [0.15, 0.2) is 32.7 Å². The molecule has 2 saturated heterocycles. The number of hydrogen-bond acceptors (Lipinski definition) is 6. The smallest absolute Gasteiger partial charge is 0.328 e. The van der Waals surface area contributed by atoms with Gasteiger partial charge in [-0.1, -0.05) is 5.92 Å². The second kappa shape index (κ2) is 8.91. The molecule has 0 spiro atoms. The van der Waals surface area contributed by atoms with Crippen LogP contribution in [-0.2, 0) is 11.3 Å². The Morgan fingerprint density at radius 1 is 1.24 bits per heavy atom. The molecule has 5 rings (SSSR count). The highest BCUT2D eigenvalue weighted by Crippen LogP contribution is 2.37. The average Bonchev–Trinajstić information content (AvgIpc) is 3.38. The first-order chi connectivity index (χ1) is 16.3. The van der Waals surface area contributed by atoms with Crippen LogP contribution in [0.3, 0.4) is 0 Å². The third-order valence-corrected chi connectivity index (χ3v) is 8.32. The second-order valence-electron chi connectivity index (χ2n) is 10.2. The van der Waals surface area contributed by atoms with Crippen LogP contribution in [0.2, 0.25) is 0 Å². The van der Waals surface area contributed by atoms with Gasteiger partial charge in [0.05, 0.1) is 16.9 Å². The Morgan fingerprint density at radius 2 is 2.00 bits per heavy atom. The molecular formula is C25H31N5O3S. The third kappa shape index (κ3) is 4.42. The van der Waals surface area contributed by atoms with Crippen molar-refractivity contribution < 1.29 is 4.79 Å². The molecule has 8 nitrogen and oxygen atoms in total. The lowest BCUT2D eigenvalue weighted by molar-refractivity contribution is -0.130. The van der Waals surface area contributed by atoms with Crippen LogP contribution in [0.1, 0.15) is 39.2 Å². The van der Waals surface area contributed by atoms with Crippen LogP contribution >= 0.6 is 11.9 Å². The number of aromatic nitrogens is 2. The zero-order valence-electron chi connectivity index (χ0n) is 20.0. The van der Waals surface area contributed by atoms with E-state index in [2.05, 4.69) is 35.4 Å². The summed E-state index contributed by atoms with van der Waals surface area (Å²) in [5, 5.41) is 0.553. The molecule has 1 aromatic carbocycles. The molecule has 0 bridgehead atoms. The molecule has 3 heterocycles. The zero-order valence-corrected chi connectivity index (χ0v) is 20.8. The van der Waals surface area contributed by atoms with Gasteiger partial charge in [0, 0.05) is 36.6 Å². The average molecular weight is 482 g/mol. The summed E-state index contributed by atoms with van der Waals surface area (Å²) >= 11 is 1.54. The topological polar surface area (TPSA) is 79.6 Å². The van der Waals surface area contributed by atoms with Crippen molar-refractivity contribution in [3.63, 3.8) is 0 Å². The van der Waals surface area contributed by atoms with E-state index in [-0.39, 0.29) is 28.7 Å². The van der Waals surface area contributed by atoms with Gasteiger partial charge in [0.2, 0.25) is 0 Å². The predicted octanol–water partition coefficient (Wildman–Crippen LogP) is 1.67. The molecule has 1 aliphatic carbocycles. The predicted molar refractivity (Wildman–Crippen MR) is 134 cm³/mol. The Hall–Kier alpha value is -2.54. The Balaban J connectivity index is 1.52. The van der Waals surface area contributed by atoms with Gasteiger partial charge < -0.3 is 9.80 Å². The fraction of sp³-hybridized carbons (Fsp3) is 0.560. The summed E-state index contributed by atoms with van der Waals surface area (Å²) in [5.41, 5.74) is 0.288. The maximum Gasteiger partial charge on any atom is 0.331 e. The van der Waals surface area contributed by atoms with E-state index in [1.54, 1.807) is 28.3 Å². The second-order valence-corrected chi connectivity index (χ2v) is 11.0. The van der Waals surface area contributed by atoms with E-state index in [1.165, 1.54) is 4.57 Å². The van der Waals surface area contributed by atoms with E-state index in [1.807, 2.05) is 18.2 Å². The van der Waals surface area contributed by atoms with E-state index in [9.17, 15) is 14.4 Å².